The van der Waals surface area contributed by atoms with Gasteiger partial charge in [0.05, 0.1) is 18.9 Å². The van der Waals surface area contributed by atoms with Gasteiger partial charge in [0.25, 0.3) is 0 Å². The molecule has 1 N–H and O–H groups in total. The van der Waals surface area contributed by atoms with Gasteiger partial charge in [-0.3, -0.25) is 4.79 Å². The van der Waals surface area contributed by atoms with E-state index in [1.165, 1.54) is 11.2 Å². The maximum absolute atomic E-state index is 12.9. The van der Waals surface area contributed by atoms with E-state index in [0.29, 0.717) is 6.54 Å². The van der Waals surface area contributed by atoms with Crippen LogP contribution in [-0.4, -0.2) is 44.9 Å². The summed E-state index contributed by atoms with van der Waals surface area (Å²) in [6.07, 6.45) is 0. The summed E-state index contributed by atoms with van der Waals surface area (Å²) < 4.78 is 32.5. The summed E-state index contributed by atoms with van der Waals surface area (Å²) in [5.41, 5.74) is 1.73. The Morgan fingerprint density at radius 2 is 1.78 bits per heavy atom. The number of benzene rings is 2. The van der Waals surface area contributed by atoms with Crippen LogP contribution in [0.2, 0.25) is 0 Å². The van der Waals surface area contributed by atoms with E-state index in [0.717, 1.165) is 16.9 Å². The van der Waals surface area contributed by atoms with E-state index in [1.807, 2.05) is 42.5 Å². The molecule has 6 nitrogen and oxygen atoms in total. The Bertz CT molecular complexity index is 882. The van der Waals surface area contributed by atoms with Crippen LogP contribution in [0.1, 0.15) is 24.0 Å². The van der Waals surface area contributed by atoms with Crippen LogP contribution in [0.4, 0.5) is 0 Å². The lowest BCUT2D eigenvalue weighted by atomic mass is 9.94. The molecule has 1 saturated heterocycles. The smallest absolute Gasteiger partial charge is 0.218 e. The van der Waals surface area contributed by atoms with E-state index in [-0.39, 0.29) is 30.2 Å². The summed E-state index contributed by atoms with van der Waals surface area (Å²) in [5.74, 6) is 0.420. The highest BCUT2D eigenvalue weighted by Crippen LogP contribution is 2.31. The van der Waals surface area contributed by atoms with Crippen molar-refractivity contribution in [3.05, 3.63) is 65.7 Å². The van der Waals surface area contributed by atoms with Gasteiger partial charge in [0.15, 0.2) is 0 Å². The third-order valence-electron chi connectivity index (χ3n) is 4.80. The van der Waals surface area contributed by atoms with Crippen LogP contribution in [-0.2, 0) is 20.6 Å². The minimum absolute atomic E-state index is 0.0457. The van der Waals surface area contributed by atoms with Crippen molar-refractivity contribution in [2.75, 3.05) is 20.2 Å². The maximum Gasteiger partial charge on any atom is 0.218 e. The third kappa shape index (κ3) is 4.67. The zero-order valence-electron chi connectivity index (χ0n) is 15.5. The number of methoxy groups -OCH3 is 1. The molecule has 2 atom stereocenters. The van der Waals surface area contributed by atoms with Gasteiger partial charge in [-0.1, -0.05) is 42.5 Å². The number of nitrogens with zero attached hydrogens (tertiary/aromatic N) is 1. The Labute approximate surface area is 160 Å². The molecule has 0 saturated carbocycles. The number of carbonyl (C=O) groups excluding carboxylic acids is 1. The predicted octanol–water partition coefficient (Wildman–Crippen LogP) is 2.13. The molecule has 2 aromatic rings. The molecule has 0 spiro atoms. The van der Waals surface area contributed by atoms with Crippen molar-refractivity contribution in [2.24, 2.45) is 0 Å². The van der Waals surface area contributed by atoms with E-state index >= 15 is 0 Å². The number of hydrogen-bond donors (Lipinski definition) is 1. The average molecular weight is 388 g/mol. The van der Waals surface area contributed by atoms with Crippen LogP contribution >= 0.6 is 0 Å². The summed E-state index contributed by atoms with van der Waals surface area (Å²) in [5, 5.41) is 2.91. The van der Waals surface area contributed by atoms with Gasteiger partial charge in [-0.15, -0.1) is 0 Å². The number of ether oxygens (including phenoxy) is 1. The number of carbonyl (C=O) groups is 1. The first kappa shape index (κ1) is 19.4. The SMILES string of the molecule is COc1ccc([C@@H]2CN(S(=O)(=O)Cc3ccccc3)C[C@H]2NC(C)=O)cc1. The second-order valence-electron chi connectivity index (χ2n) is 6.75. The van der Waals surface area contributed by atoms with Gasteiger partial charge in [-0.2, -0.15) is 4.31 Å². The molecule has 1 aliphatic heterocycles. The molecule has 1 aliphatic rings. The molecular formula is C20H24N2O4S. The van der Waals surface area contributed by atoms with Gasteiger partial charge < -0.3 is 10.1 Å². The van der Waals surface area contributed by atoms with Crippen LogP contribution in [0, 0.1) is 0 Å². The van der Waals surface area contributed by atoms with E-state index in [4.69, 9.17) is 4.74 Å². The monoisotopic (exact) mass is 388 g/mol. The van der Waals surface area contributed by atoms with Crippen molar-refractivity contribution < 1.29 is 17.9 Å². The first-order valence-corrected chi connectivity index (χ1v) is 10.4. The second-order valence-corrected chi connectivity index (χ2v) is 8.71. The molecule has 0 aliphatic carbocycles. The Morgan fingerprint density at radius 3 is 2.37 bits per heavy atom. The standard InChI is InChI=1S/C20H24N2O4S/c1-15(23)21-20-13-22(27(24,25)14-16-6-4-3-5-7-16)12-19(20)17-8-10-18(26-2)11-9-17/h3-11,19-20H,12-14H2,1-2H3,(H,21,23)/t19-,20+/m0/s1. The zero-order valence-corrected chi connectivity index (χ0v) is 16.3. The third-order valence-corrected chi connectivity index (χ3v) is 6.59. The van der Waals surface area contributed by atoms with Crippen molar-refractivity contribution in [1.29, 1.82) is 0 Å². The van der Waals surface area contributed by atoms with Crippen molar-refractivity contribution in [1.82, 2.24) is 9.62 Å². The molecule has 0 aromatic heterocycles. The van der Waals surface area contributed by atoms with Gasteiger partial charge in [-0.25, -0.2) is 8.42 Å². The molecule has 3 rings (SSSR count). The molecule has 2 aromatic carbocycles. The lowest BCUT2D eigenvalue weighted by molar-refractivity contribution is -0.119. The van der Waals surface area contributed by atoms with Crippen molar-refractivity contribution >= 4 is 15.9 Å². The summed E-state index contributed by atoms with van der Waals surface area (Å²) >= 11 is 0. The van der Waals surface area contributed by atoms with Crippen molar-refractivity contribution in [2.45, 2.75) is 24.6 Å². The van der Waals surface area contributed by atoms with Crippen LogP contribution in [0.15, 0.2) is 54.6 Å². The molecule has 1 fully saturated rings. The lowest BCUT2D eigenvalue weighted by Crippen LogP contribution is -2.39. The van der Waals surface area contributed by atoms with Gasteiger partial charge in [-0.05, 0) is 23.3 Å². The molecule has 27 heavy (non-hydrogen) atoms. The summed E-state index contributed by atoms with van der Waals surface area (Å²) in [6, 6.07) is 16.4. The minimum Gasteiger partial charge on any atom is -0.497 e. The fourth-order valence-corrected chi connectivity index (χ4v) is 5.04. The quantitative estimate of drug-likeness (QED) is 0.823. The van der Waals surface area contributed by atoms with Gasteiger partial charge in [0.2, 0.25) is 15.9 Å². The number of amides is 1. The van der Waals surface area contributed by atoms with Crippen LogP contribution in [0.25, 0.3) is 0 Å². The number of nitrogens with one attached hydrogen (secondary N) is 1. The largest absolute Gasteiger partial charge is 0.497 e. The summed E-state index contributed by atoms with van der Waals surface area (Å²) in [6.45, 7) is 2.06. The first-order valence-electron chi connectivity index (χ1n) is 8.82. The fraction of sp³-hybridized carbons (Fsp3) is 0.350. The van der Waals surface area contributed by atoms with Gasteiger partial charge in [0.1, 0.15) is 5.75 Å². The van der Waals surface area contributed by atoms with Crippen LogP contribution < -0.4 is 10.1 Å². The van der Waals surface area contributed by atoms with Gasteiger partial charge in [0, 0.05) is 25.9 Å². The molecule has 7 heteroatoms. The summed E-state index contributed by atoms with van der Waals surface area (Å²) in [4.78, 5) is 11.6. The van der Waals surface area contributed by atoms with E-state index in [1.54, 1.807) is 19.2 Å². The summed E-state index contributed by atoms with van der Waals surface area (Å²) in [7, 11) is -1.88. The minimum atomic E-state index is -3.48. The Morgan fingerprint density at radius 1 is 1.11 bits per heavy atom. The molecule has 0 bridgehead atoms. The topological polar surface area (TPSA) is 75.7 Å². The Balaban J connectivity index is 1.82. The van der Waals surface area contributed by atoms with E-state index < -0.39 is 10.0 Å². The Hall–Kier alpha value is -2.38. The first-order chi connectivity index (χ1) is 12.9. The highest BCUT2D eigenvalue weighted by Gasteiger charge is 2.39. The molecule has 0 unspecified atom stereocenters. The predicted molar refractivity (Wildman–Crippen MR) is 104 cm³/mol. The second kappa shape index (κ2) is 8.10. The Kier molecular flexibility index (Phi) is 5.82. The lowest BCUT2D eigenvalue weighted by Gasteiger charge is -2.19. The number of rotatable bonds is 6. The molecule has 144 valence electrons. The highest BCUT2D eigenvalue weighted by molar-refractivity contribution is 7.88. The zero-order chi connectivity index (χ0) is 19.4. The molecule has 1 heterocycles. The van der Waals surface area contributed by atoms with Crippen LogP contribution in [0.3, 0.4) is 0 Å². The highest BCUT2D eigenvalue weighted by atomic mass is 32.2. The fourth-order valence-electron chi connectivity index (χ4n) is 3.47. The number of sulfonamides is 1. The molecule has 0 radical (unpaired) electrons. The van der Waals surface area contributed by atoms with E-state index in [2.05, 4.69) is 5.32 Å². The van der Waals surface area contributed by atoms with Gasteiger partial charge >= 0.3 is 0 Å². The molecule has 1 amide bonds. The average Bonchev–Trinajstić information content (AvgIpc) is 3.06. The normalized spacial score (nSPS) is 20.4. The van der Waals surface area contributed by atoms with Crippen molar-refractivity contribution in [3.63, 3.8) is 0 Å². The van der Waals surface area contributed by atoms with Crippen molar-refractivity contribution in [3.8, 4) is 5.75 Å². The van der Waals surface area contributed by atoms with Crippen LogP contribution in [0.5, 0.6) is 5.75 Å². The number of hydrogen-bond acceptors (Lipinski definition) is 4. The maximum atomic E-state index is 12.9. The molecular weight excluding hydrogens is 364 g/mol. The van der Waals surface area contributed by atoms with E-state index in [9.17, 15) is 13.2 Å².